The van der Waals surface area contributed by atoms with Crippen LogP contribution in [-0.4, -0.2) is 100 Å². The Balaban J connectivity index is 1.25. The smallest absolute Gasteiger partial charge is 0.407 e. The van der Waals surface area contributed by atoms with Gasteiger partial charge in [-0.05, 0) is 35.2 Å². The second kappa shape index (κ2) is 15.8. The normalized spacial score (nSPS) is 20.9. The molecule has 2 aliphatic rings. The Morgan fingerprint density at radius 3 is 2.16 bits per heavy atom. The largest absolute Gasteiger partial charge is 0.465 e. The molecule has 3 aromatic rings. The van der Waals surface area contributed by atoms with Crippen molar-refractivity contribution < 1.29 is 34.7 Å². The summed E-state index contributed by atoms with van der Waals surface area (Å²) in [6, 6.07) is 25.6. The van der Waals surface area contributed by atoms with E-state index in [0.29, 0.717) is 19.6 Å². The Labute approximate surface area is 265 Å². The van der Waals surface area contributed by atoms with Gasteiger partial charge in [0.2, 0.25) is 0 Å². The van der Waals surface area contributed by atoms with Crippen LogP contribution in [0, 0.1) is 0 Å². The molecule has 1 amide bonds. The first kappa shape index (κ1) is 33.1. The fourth-order valence-corrected chi connectivity index (χ4v) is 6.50. The van der Waals surface area contributed by atoms with Crippen LogP contribution < -0.4 is 0 Å². The minimum atomic E-state index is -1.37. The Morgan fingerprint density at radius 2 is 1.51 bits per heavy atom. The molecule has 0 radical (unpaired) electrons. The molecule has 0 bridgehead atoms. The highest BCUT2D eigenvalue weighted by Crippen LogP contribution is 2.44. The van der Waals surface area contributed by atoms with E-state index < -0.39 is 36.8 Å². The lowest BCUT2D eigenvalue weighted by Crippen LogP contribution is -2.54. The Morgan fingerprint density at radius 1 is 0.867 bits per heavy atom. The van der Waals surface area contributed by atoms with Crippen LogP contribution >= 0.6 is 0 Å². The number of hydrogen-bond acceptors (Lipinski definition) is 7. The second-order valence-corrected chi connectivity index (χ2v) is 12.1. The molecule has 0 spiro atoms. The van der Waals surface area contributed by atoms with E-state index in [9.17, 15) is 25.2 Å². The molecular formula is C36H46N2O7. The molecule has 1 unspecified atom stereocenters. The first-order valence-electron chi connectivity index (χ1n) is 16.1. The number of aliphatic hydroxyl groups excluding tert-OH is 3. The topological polar surface area (TPSA) is 123 Å². The molecule has 1 aliphatic heterocycles. The van der Waals surface area contributed by atoms with Gasteiger partial charge in [-0.3, -0.25) is 4.90 Å². The van der Waals surface area contributed by atoms with Gasteiger partial charge in [0.05, 0.1) is 12.7 Å². The van der Waals surface area contributed by atoms with E-state index in [1.165, 1.54) is 4.90 Å². The van der Waals surface area contributed by atoms with E-state index in [1.54, 1.807) is 0 Å². The summed E-state index contributed by atoms with van der Waals surface area (Å²) in [5.41, 5.74) is 5.30. The van der Waals surface area contributed by atoms with Gasteiger partial charge in [-0.15, -0.1) is 0 Å². The van der Waals surface area contributed by atoms with Crippen LogP contribution in [0.3, 0.4) is 0 Å². The van der Waals surface area contributed by atoms with Crippen molar-refractivity contribution in [1.29, 1.82) is 0 Å². The van der Waals surface area contributed by atoms with Crippen molar-refractivity contribution in [3.8, 4) is 11.1 Å². The Kier molecular flexibility index (Phi) is 11.6. The summed E-state index contributed by atoms with van der Waals surface area (Å²) in [5, 5.41) is 43.2. The van der Waals surface area contributed by atoms with Crippen molar-refractivity contribution in [2.45, 2.75) is 69.2 Å². The van der Waals surface area contributed by atoms with Crippen LogP contribution in [0.25, 0.3) is 11.1 Å². The summed E-state index contributed by atoms with van der Waals surface area (Å²) in [4.78, 5) is 16.0. The third kappa shape index (κ3) is 8.10. The van der Waals surface area contributed by atoms with Crippen LogP contribution in [0.2, 0.25) is 0 Å². The fourth-order valence-electron chi connectivity index (χ4n) is 6.50. The summed E-state index contributed by atoms with van der Waals surface area (Å²) < 4.78 is 11.6. The number of unbranched alkanes of at least 4 members (excludes halogenated alkanes) is 3. The van der Waals surface area contributed by atoms with Gasteiger partial charge in [-0.2, -0.15) is 0 Å². The first-order valence-corrected chi connectivity index (χ1v) is 16.1. The minimum Gasteiger partial charge on any atom is -0.465 e. The third-order valence-electron chi connectivity index (χ3n) is 8.98. The van der Waals surface area contributed by atoms with Gasteiger partial charge < -0.3 is 34.8 Å². The van der Waals surface area contributed by atoms with Gasteiger partial charge >= 0.3 is 6.09 Å². The number of carbonyl (C=O) groups is 1. The number of carboxylic acid groups (broad SMARTS) is 1. The van der Waals surface area contributed by atoms with Crippen molar-refractivity contribution in [3.63, 3.8) is 0 Å². The molecule has 45 heavy (non-hydrogen) atoms. The van der Waals surface area contributed by atoms with Gasteiger partial charge in [-0.25, -0.2) is 4.79 Å². The summed E-state index contributed by atoms with van der Waals surface area (Å²) in [5.74, 6) is -0.0661. The van der Waals surface area contributed by atoms with Gasteiger partial charge in [0.25, 0.3) is 0 Å². The highest BCUT2D eigenvalue weighted by atomic mass is 16.7. The number of rotatable bonds is 15. The van der Waals surface area contributed by atoms with Crippen molar-refractivity contribution >= 4 is 6.09 Å². The molecule has 1 aliphatic carbocycles. The van der Waals surface area contributed by atoms with Crippen LogP contribution in [0.15, 0.2) is 78.9 Å². The number of benzene rings is 3. The predicted molar refractivity (Wildman–Crippen MR) is 172 cm³/mol. The lowest BCUT2D eigenvalue weighted by Gasteiger charge is -2.39. The number of nitrogens with zero attached hydrogens (tertiary/aromatic N) is 2. The number of hydrogen-bond donors (Lipinski definition) is 4. The quantitative estimate of drug-likeness (QED) is 0.178. The molecule has 9 heteroatoms. The monoisotopic (exact) mass is 618 g/mol. The van der Waals surface area contributed by atoms with E-state index in [0.717, 1.165) is 53.5 Å². The van der Waals surface area contributed by atoms with E-state index >= 15 is 0 Å². The molecule has 1 saturated heterocycles. The van der Waals surface area contributed by atoms with Gasteiger partial charge in [0.15, 0.2) is 6.29 Å². The maximum Gasteiger partial charge on any atom is 0.407 e. The molecule has 0 saturated carbocycles. The standard InChI is InChI=1S/C36H46N2O7/c1-2-3-4-12-19-37(23-31(39)33(41)34-32(40)24-44-35(45-34)25-13-6-5-7-14-25)20-21-38(36(42)43)22-30-28-17-10-8-15-26(28)27-16-9-11-18-29(27)30/h5-11,13-18,30-35,39-41H,2-4,12,19-24H2,1H3,(H,42,43)/t31-,32+,33+,34+,35?/m0/s1. The van der Waals surface area contributed by atoms with Crippen LogP contribution in [0.4, 0.5) is 4.79 Å². The maximum absolute atomic E-state index is 12.5. The highest BCUT2D eigenvalue weighted by Gasteiger charge is 2.40. The molecule has 9 nitrogen and oxygen atoms in total. The van der Waals surface area contributed by atoms with E-state index in [1.807, 2.05) is 59.5 Å². The lowest BCUT2D eigenvalue weighted by atomic mass is 9.96. The molecule has 3 aromatic carbocycles. The number of fused-ring (bicyclic) bond motifs is 3. The first-order chi connectivity index (χ1) is 21.9. The number of ether oxygens (including phenoxy) is 2. The SMILES string of the molecule is CCCCCCN(CCN(CC1c2ccccc2-c2ccccc21)C(=O)O)C[C@H](O)[C@@H](O)[C@@H]1OC(c2ccccc2)OC[C@H]1O. The summed E-state index contributed by atoms with van der Waals surface area (Å²) in [6.45, 7) is 3.83. The third-order valence-corrected chi connectivity index (χ3v) is 8.98. The summed E-state index contributed by atoms with van der Waals surface area (Å²) >= 11 is 0. The van der Waals surface area contributed by atoms with Crippen molar-refractivity contribution in [2.75, 3.05) is 39.3 Å². The van der Waals surface area contributed by atoms with Crippen LogP contribution in [0.5, 0.6) is 0 Å². The van der Waals surface area contributed by atoms with Crippen LogP contribution in [-0.2, 0) is 9.47 Å². The van der Waals surface area contributed by atoms with E-state index in [2.05, 4.69) is 31.2 Å². The molecule has 5 rings (SSSR count). The fraction of sp³-hybridized carbons (Fsp3) is 0.472. The maximum atomic E-state index is 12.5. The second-order valence-electron chi connectivity index (χ2n) is 12.1. The van der Waals surface area contributed by atoms with Gasteiger partial charge in [0, 0.05) is 37.7 Å². The Hall–Kier alpha value is -3.31. The zero-order valence-corrected chi connectivity index (χ0v) is 25.9. The van der Waals surface area contributed by atoms with Crippen molar-refractivity contribution in [3.05, 3.63) is 95.6 Å². The van der Waals surface area contributed by atoms with Crippen molar-refractivity contribution in [2.24, 2.45) is 0 Å². The zero-order valence-electron chi connectivity index (χ0n) is 25.9. The average molecular weight is 619 g/mol. The number of aliphatic hydroxyl groups is 3. The molecule has 1 heterocycles. The average Bonchev–Trinajstić information content (AvgIpc) is 3.38. The molecule has 5 atom stereocenters. The molecular weight excluding hydrogens is 572 g/mol. The van der Waals surface area contributed by atoms with Crippen molar-refractivity contribution in [1.82, 2.24) is 9.80 Å². The van der Waals surface area contributed by atoms with Crippen LogP contribution in [0.1, 0.15) is 61.5 Å². The lowest BCUT2D eigenvalue weighted by molar-refractivity contribution is -0.283. The minimum absolute atomic E-state index is 0.0320. The molecule has 4 N–H and O–H groups in total. The summed E-state index contributed by atoms with van der Waals surface area (Å²) in [7, 11) is 0. The summed E-state index contributed by atoms with van der Waals surface area (Å²) in [6.07, 6.45) is -2.41. The zero-order chi connectivity index (χ0) is 31.8. The van der Waals surface area contributed by atoms with Gasteiger partial charge in [0.1, 0.15) is 18.3 Å². The highest BCUT2D eigenvalue weighted by molar-refractivity contribution is 5.79. The van der Waals surface area contributed by atoms with Gasteiger partial charge in [-0.1, -0.05) is 105 Å². The van der Waals surface area contributed by atoms with E-state index in [-0.39, 0.29) is 25.6 Å². The molecule has 0 aromatic heterocycles. The van der Waals surface area contributed by atoms with E-state index in [4.69, 9.17) is 9.47 Å². The predicted octanol–water partition coefficient (Wildman–Crippen LogP) is 4.86. The Bertz CT molecular complexity index is 1330. The number of amides is 1. The molecule has 242 valence electrons. The molecule has 1 fully saturated rings.